The maximum atomic E-state index is 2.29. The molecule has 28 heavy (non-hydrogen) atoms. The molecule has 1 aromatic heterocycles. The Morgan fingerprint density at radius 3 is 1.68 bits per heavy atom. The molecule has 0 saturated carbocycles. The van der Waals surface area contributed by atoms with Gasteiger partial charge in [0.2, 0.25) is 0 Å². The number of anilines is 3. The summed E-state index contributed by atoms with van der Waals surface area (Å²) in [7, 11) is 0. The number of benzene rings is 4. The lowest BCUT2D eigenvalue weighted by molar-refractivity contribution is 1.28. The zero-order valence-corrected chi connectivity index (χ0v) is 16.1. The maximum absolute atomic E-state index is 2.29. The fourth-order valence-corrected chi connectivity index (χ4v) is 4.56. The van der Waals surface area contributed by atoms with E-state index in [1.165, 1.54) is 21.2 Å². The molecule has 0 fully saturated rings. The van der Waals surface area contributed by atoms with Crippen molar-refractivity contribution in [2.24, 2.45) is 0 Å². The molecule has 1 nitrogen and oxygen atoms in total. The van der Waals surface area contributed by atoms with E-state index in [0.717, 1.165) is 17.1 Å². The van der Waals surface area contributed by atoms with Crippen LogP contribution in [0, 0.1) is 0 Å². The minimum Gasteiger partial charge on any atom is -0.311 e. The molecular formula is C26H19NS. The molecule has 0 bridgehead atoms. The Balaban J connectivity index is 1.57. The second-order valence-electron chi connectivity index (χ2n) is 6.70. The Labute approximate surface area is 169 Å². The summed E-state index contributed by atoms with van der Waals surface area (Å²) in [6.07, 6.45) is 0. The van der Waals surface area contributed by atoms with Crippen molar-refractivity contribution < 1.29 is 0 Å². The molecule has 0 unspecified atom stereocenters. The fourth-order valence-electron chi connectivity index (χ4n) is 3.59. The molecule has 0 atom stereocenters. The quantitative estimate of drug-likeness (QED) is 0.306. The monoisotopic (exact) mass is 377 g/mol. The van der Waals surface area contributed by atoms with Gasteiger partial charge in [0.25, 0.3) is 0 Å². The number of hydrogen-bond acceptors (Lipinski definition) is 2. The summed E-state index contributed by atoms with van der Waals surface area (Å²) in [5, 5.41) is 3.58. The van der Waals surface area contributed by atoms with Crippen molar-refractivity contribution in [1.82, 2.24) is 0 Å². The van der Waals surface area contributed by atoms with Crippen molar-refractivity contribution in [3.63, 3.8) is 0 Å². The molecule has 134 valence electrons. The molecule has 0 saturated heterocycles. The normalized spacial score (nSPS) is 10.9. The second-order valence-corrected chi connectivity index (χ2v) is 7.61. The molecule has 5 rings (SSSR count). The summed E-state index contributed by atoms with van der Waals surface area (Å²) < 4.78 is 1.33. The molecule has 0 aliphatic rings. The predicted molar refractivity (Wildman–Crippen MR) is 122 cm³/mol. The molecule has 0 amide bonds. The predicted octanol–water partition coefficient (Wildman–Crippen LogP) is 8.04. The number of thiophene rings is 1. The molecule has 1 heterocycles. The van der Waals surface area contributed by atoms with E-state index in [-0.39, 0.29) is 0 Å². The number of rotatable bonds is 4. The first-order valence-corrected chi connectivity index (χ1v) is 10.2. The minimum absolute atomic E-state index is 1.15. The highest BCUT2D eigenvalue weighted by molar-refractivity contribution is 7.17. The van der Waals surface area contributed by atoms with Crippen molar-refractivity contribution in [2.75, 3.05) is 4.90 Å². The van der Waals surface area contributed by atoms with Gasteiger partial charge in [0.15, 0.2) is 0 Å². The molecule has 0 spiro atoms. The van der Waals surface area contributed by atoms with Crippen LogP contribution in [0.1, 0.15) is 0 Å². The van der Waals surface area contributed by atoms with Crippen LogP contribution in [0.15, 0.2) is 115 Å². The first-order valence-electron chi connectivity index (χ1n) is 9.37. The van der Waals surface area contributed by atoms with E-state index in [4.69, 9.17) is 0 Å². The zero-order chi connectivity index (χ0) is 18.8. The third kappa shape index (κ3) is 3.08. The highest BCUT2D eigenvalue weighted by Gasteiger charge is 2.12. The summed E-state index contributed by atoms with van der Waals surface area (Å²) in [4.78, 5) is 2.29. The SMILES string of the molecule is c1ccc(N(c2ccccc2)c2ccc(-c3csc4ccccc34)cc2)cc1. The van der Waals surface area contributed by atoms with E-state index >= 15 is 0 Å². The van der Waals surface area contributed by atoms with Crippen LogP contribution in [0.2, 0.25) is 0 Å². The Morgan fingerprint density at radius 2 is 1.04 bits per heavy atom. The Bertz CT molecular complexity index is 1150. The van der Waals surface area contributed by atoms with Crippen LogP contribution >= 0.6 is 11.3 Å². The third-order valence-electron chi connectivity index (χ3n) is 4.95. The number of para-hydroxylation sites is 2. The van der Waals surface area contributed by atoms with E-state index in [1.807, 2.05) is 0 Å². The average Bonchev–Trinajstić information content (AvgIpc) is 3.20. The van der Waals surface area contributed by atoms with Gasteiger partial charge in [0.05, 0.1) is 0 Å². The number of nitrogens with zero attached hydrogens (tertiary/aromatic N) is 1. The van der Waals surface area contributed by atoms with Gasteiger partial charge in [-0.15, -0.1) is 11.3 Å². The van der Waals surface area contributed by atoms with Crippen LogP contribution in [-0.4, -0.2) is 0 Å². The van der Waals surface area contributed by atoms with Gasteiger partial charge in [-0.1, -0.05) is 66.7 Å². The Kier molecular flexibility index (Phi) is 4.40. The van der Waals surface area contributed by atoms with Crippen molar-refractivity contribution in [3.05, 3.63) is 115 Å². The van der Waals surface area contributed by atoms with Crippen molar-refractivity contribution in [3.8, 4) is 11.1 Å². The molecule has 0 radical (unpaired) electrons. The van der Waals surface area contributed by atoms with Crippen LogP contribution in [0.3, 0.4) is 0 Å². The van der Waals surface area contributed by atoms with E-state index in [2.05, 4.69) is 119 Å². The standard InChI is InChI=1S/C26H19NS/c1-3-9-21(10-4-1)27(22-11-5-2-6-12-22)23-17-15-20(16-18-23)25-19-28-26-14-8-7-13-24(25)26/h1-19H. The van der Waals surface area contributed by atoms with Gasteiger partial charge in [-0.25, -0.2) is 0 Å². The van der Waals surface area contributed by atoms with Crippen LogP contribution in [0.5, 0.6) is 0 Å². The van der Waals surface area contributed by atoms with Gasteiger partial charge >= 0.3 is 0 Å². The average molecular weight is 378 g/mol. The Hall–Kier alpha value is -3.36. The van der Waals surface area contributed by atoms with Crippen molar-refractivity contribution in [2.45, 2.75) is 0 Å². The zero-order valence-electron chi connectivity index (χ0n) is 15.3. The second kappa shape index (κ2) is 7.34. The smallest absolute Gasteiger partial charge is 0.0462 e. The number of fused-ring (bicyclic) bond motifs is 1. The van der Waals surface area contributed by atoms with Crippen molar-refractivity contribution >= 4 is 38.5 Å². The molecule has 5 aromatic rings. The first-order chi connectivity index (χ1) is 13.9. The van der Waals surface area contributed by atoms with Crippen LogP contribution in [-0.2, 0) is 0 Å². The first kappa shape index (κ1) is 16.8. The summed E-state index contributed by atoms with van der Waals surface area (Å²) in [5.74, 6) is 0. The molecule has 0 aliphatic carbocycles. The number of hydrogen-bond donors (Lipinski definition) is 0. The molecule has 4 aromatic carbocycles. The summed E-state index contributed by atoms with van der Waals surface area (Å²) in [5.41, 5.74) is 6.02. The lowest BCUT2D eigenvalue weighted by atomic mass is 10.0. The van der Waals surface area contributed by atoms with Gasteiger partial charge in [0.1, 0.15) is 0 Å². The molecule has 0 aliphatic heterocycles. The lowest BCUT2D eigenvalue weighted by Crippen LogP contribution is -2.09. The highest BCUT2D eigenvalue weighted by atomic mass is 32.1. The van der Waals surface area contributed by atoms with Crippen LogP contribution in [0.4, 0.5) is 17.1 Å². The van der Waals surface area contributed by atoms with E-state index < -0.39 is 0 Å². The fraction of sp³-hybridized carbons (Fsp3) is 0. The molecular weight excluding hydrogens is 358 g/mol. The summed E-state index contributed by atoms with van der Waals surface area (Å²) in [6, 6.07) is 38.5. The van der Waals surface area contributed by atoms with Crippen LogP contribution < -0.4 is 4.90 Å². The highest BCUT2D eigenvalue weighted by Crippen LogP contribution is 2.37. The minimum atomic E-state index is 1.15. The Morgan fingerprint density at radius 1 is 0.500 bits per heavy atom. The molecule has 2 heteroatoms. The van der Waals surface area contributed by atoms with Gasteiger partial charge in [-0.3, -0.25) is 0 Å². The molecule has 0 N–H and O–H groups in total. The van der Waals surface area contributed by atoms with E-state index in [1.54, 1.807) is 11.3 Å². The topological polar surface area (TPSA) is 3.24 Å². The maximum Gasteiger partial charge on any atom is 0.0462 e. The largest absolute Gasteiger partial charge is 0.311 e. The summed E-state index contributed by atoms with van der Waals surface area (Å²) in [6.45, 7) is 0. The van der Waals surface area contributed by atoms with Gasteiger partial charge < -0.3 is 4.90 Å². The third-order valence-corrected chi connectivity index (χ3v) is 5.91. The van der Waals surface area contributed by atoms with Gasteiger partial charge in [0, 0.05) is 32.7 Å². The van der Waals surface area contributed by atoms with Gasteiger partial charge in [-0.2, -0.15) is 0 Å². The lowest BCUT2D eigenvalue weighted by Gasteiger charge is -2.25. The van der Waals surface area contributed by atoms with E-state index in [0.29, 0.717) is 0 Å². The van der Waals surface area contributed by atoms with Crippen LogP contribution in [0.25, 0.3) is 21.2 Å². The van der Waals surface area contributed by atoms with Gasteiger partial charge in [-0.05, 0) is 53.4 Å². The summed E-state index contributed by atoms with van der Waals surface area (Å²) >= 11 is 1.80. The van der Waals surface area contributed by atoms with Crippen molar-refractivity contribution in [1.29, 1.82) is 0 Å². The van der Waals surface area contributed by atoms with E-state index in [9.17, 15) is 0 Å².